The summed E-state index contributed by atoms with van der Waals surface area (Å²) in [5.41, 5.74) is -0.759. The number of pyridine rings is 1. The Kier molecular flexibility index (Phi) is 6.02. The summed E-state index contributed by atoms with van der Waals surface area (Å²) in [5.74, 6) is 2.69. The van der Waals surface area contributed by atoms with Gasteiger partial charge in [0.1, 0.15) is 17.2 Å². The normalized spacial score (nSPS) is 20.1. The lowest BCUT2D eigenvalue weighted by Crippen LogP contribution is -2.64. The average molecular weight is 483 g/mol. The lowest BCUT2D eigenvalue weighted by atomic mass is 9.94. The smallest absolute Gasteiger partial charge is 0.227 e. The molecule has 11 nitrogen and oxygen atoms in total. The number of hydrogen-bond donors (Lipinski definition) is 4. The van der Waals surface area contributed by atoms with Crippen LogP contribution < -0.4 is 15.1 Å². The Morgan fingerprint density at radius 3 is 2.54 bits per heavy atom. The number of nitrogens with zero attached hydrogens (tertiary/aromatic N) is 7. The number of rotatable bonds is 7. The lowest BCUT2D eigenvalue weighted by Gasteiger charge is -2.45. The molecule has 0 spiro atoms. The molecule has 4 N–H and O–H groups in total. The Bertz CT molecular complexity index is 1200. The van der Waals surface area contributed by atoms with E-state index in [1.807, 2.05) is 28.6 Å². The number of aromatic nitrogens is 5. The van der Waals surface area contributed by atoms with Gasteiger partial charge in [0.2, 0.25) is 5.95 Å². The van der Waals surface area contributed by atoms with Crippen molar-refractivity contribution in [2.75, 3.05) is 47.9 Å². The minimum Gasteiger partial charge on any atom is -0.393 e. The molecule has 3 aromatic heterocycles. The van der Waals surface area contributed by atoms with E-state index in [-0.39, 0.29) is 12.6 Å². The first-order valence-electron chi connectivity index (χ1n) is 12.2. The van der Waals surface area contributed by atoms with Gasteiger partial charge in [0.15, 0.2) is 5.82 Å². The van der Waals surface area contributed by atoms with E-state index in [1.54, 1.807) is 12.4 Å². The quantitative estimate of drug-likeness (QED) is 0.395. The average Bonchev–Trinajstić information content (AvgIpc) is 3.20. The zero-order valence-electron chi connectivity index (χ0n) is 20.5. The lowest BCUT2D eigenvalue weighted by molar-refractivity contribution is -0.0362. The Balaban J connectivity index is 1.40. The van der Waals surface area contributed by atoms with Crippen LogP contribution in [-0.2, 0) is 0 Å². The van der Waals surface area contributed by atoms with Crippen molar-refractivity contribution in [2.45, 2.75) is 57.3 Å². The molecule has 188 valence electrons. The van der Waals surface area contributed by atoms with Crippen LogP contribution in [0.3, 0.4) is 0 Å². The number of fused-ring (bicyclic) bond motifs is 1. The van der Waals surface area contributed by atoms with Crippen LogP contribution in [-0.4, -0.2) is 84.0 Å². The van der Waals surface area contributed by atoms with Gasteiger partial charge in [-0.15, -0.1) is 0 Å². The molecule has 3 aromatic rings. The third kappa shape index (κ3) is 4.63. The maximum absolute atomic E-state index is 10.3. The number of anilines is 4. The second kappa shape index (κ2) is 8.89. The molecule has 1 unspecified atom stereocenters. The molecule has 2 saturated heterocycles. The van der Waals surface area contributed by atoms with E-state index in [4.69, 9.17) is 5.10 Å². The van der Waals surface area contributed by atoms with Crippen molar-refractivity contribution >= 4 is 34.3 Å². The van der Waals surface area contributed by atoms with Gasteiger partial charge in [0, 0.05) is 37.6 Å². The molecule has 2 fully saturated rings. The molecule has 5 rings (SSSR count). The van der Waals surface area contributed by atoms with Crippen LogP contribution in [0.1, 0.15) is 46.1 Å². The SMILES string of the molecule is CCC(C)n1nc(N2CC(O)(CO)C2)c2cnc(Nc3ccnc(N4CCC(C)(O)CC4)n3)cc21. The molecule has 1 atom stereocenters. The second-order valence-corrected chi connectivity index (χ2v) is 10.2. The fourth-order valence-corrected chi connectivity index (χ4v) is 4.63. The first-order valence-corrected chi connectivity index (χ1v) is 12.2. The fraction of sp³-hybridized carbons (Fsp3) is 0.583. The summed E-state index contributed by atoms with van der Waals surface area (Å²) in [5, 5.41) is 38.9. The van der Waals surface area contributed by atoms with Crippen molar-refractivity contribution in [3.05, 3.63) is 24.5 Å². The van der Waals surface area contributed by atoms with E-state index in [0.717, 1.165) is 23.1 Å². The van der Waals surface area contributed by atoms with Gasteiger partial charge in [-0.25, -0.2) is 9.97 Å². The molecule has 0 bridgehead atoms. The fourth-order valence-electron chi connectivity index (χ4n) is 4.63. The Hall–Kier alpha value is -3.02. The van der Waals surface area contributed by atoms with Crippen LogP contribution in [0, 0.1) is 0 Å². The van der Waals surface area contributed by atoms with Gasteiger partial charge in [0.05, 0.1) is 36.2 Å². The summed E-state index contributed by atoms with van der Waals surface area (Å²) in [6.07, 6.45) is 5.80. The predicted molar refractivity (Wildman–Crippen MR) is 134 cm³/mol. The number of aliphatic hydroxyl groups is 3. The molecule has 11 heteroatoms. The van der Waals surface area contributed by atoms with Crippen molar-refractivity contribution in [1.29, 1.82) is 0 Å². The van der Waals surface area contributed by atoms with E-state index in [9.17, 15) is 15.3 Å². The third-order valence-electron chi connectivity index (χ3n) is 7.17. The van der Waals surface area contributed by atoms with Crippen molar-refractivity contribution in [3.63, 3.8) is 0 Å². The minimum atomic E-state index is -1.07. The molecule has 0 amide bonds. The molecule has 0 radical (unpaired) electrons. The van der Waals surface area contributed by atoms with E-state index >= 15 is 0 Å². The highest BCUT2D eigenvalue weighted by atomic mass is 16.3. The highest BCUT2D eigenvalue weighted by Crippen LogP contribution is 2.35. The molecule has 0 saturated carbocycles. The molecular formula is C24H34N8O3. The standard InChI is InChI=1S/C24H34N8O3/c1-4-16(2)32-18-11-20(26-12-17(18)21(29-32)31-13-24(35,14-31)15-33)27-19-5-8-25-22(28-19)30-9-6-23(3,34)7-10-30/h5,8,11-12,16,33-35H,4,6-7,9-10,13-15H2,1-3H3,(H,25,26,27,28). The minimum absolute atomic E-state index is 0.182. The van der Waals surface area contributed by atoms with Crippen LogP contribution in [0.4, 0.5) is 23.4 Å². The van der Waals surface area contributed by atoms with Gasteiger partial charge in [-0.1, -0.05) is 6.92 Å². The zero-order chi connectivity index (χ0) is 24.8. The number of nitrogens with one attached hydrogen (secondary N) is 1. The van der Waals surface area contributed by atoms with Crippen LogP contribution in [0.15, 0.2) is 24.5 Å². The van der Waals surface area contributed by atoms with E-state index in [2.05, 4.69) is 39.0 Å². The second-order valence-electron chi connectivity index (χ2n) is 10.2. The summed E-state index contributed by atoms with van der Waals surface area (Å²) in [6, 6.07) is 3.96. The monoisotopic (exact) mass is 482 g/mol. The van der Waals surface area contributed by atoms with E-state index in [1.165, 1.54) is 0 Å². The summed E-state index contributed by atoms with van der Waals surface area (Å²) in [6.45, 7) is 7.94. The number of hydrogen-bond acceptors (Lipinski definition) is 10. The molecule has 0 aliphatic carbocycles. The Morgan fingerprint density at radius 1 is 1.11 bits per heavy atom. The highest BCUT2D eigenvalue weighted by Gasteiger charge is 2.42. The topological polar surface area (TPSA) is 136 Å². The van der Waals surface area contributed by atoms with E-state index in [0.29, 0.717) is 56.6 Å². The largest absolute Gasteiger partial charge is 0.393 e. The number of β-amino-alcohol motifs (C(OH)–C–C–N with tert-alkyl or cyclic N) is 1. The summed E-state index contributed by atoms with van der Waals surface area (Å²) in [4.78, 5) is 17.8. The maximum atomic E-state index is 10.3. The zero-order valence-corrected chi connectivity index (χ0v) is 20.5. The number of aliphatic hydroxyl groups excluding tert-OH is 1. The maximum Gasteiger partial charge on any atom is 0.227 e. The van der Waals surface area contributed by atoms with Crippen molar-refractivity contribution in [1.82, 2.24) is 24.7 Å². The molecule has 2 aliphatic heterocycles. The van der Waals surface area contributed by atoms with Gasteiger partial charge < -0.3 is 30.4 Å². The molecule has 2 aliphatic rings. The van der Waals surface area contributed by atoms with Crippen LogP contribution in [0.2, 0.25) is 0 Å². The van der Waals surface area contributed by atoms with Crippen molar-refractivity contribution in [2.24, 2.45) is 0 Å². The molecule has 5 heterocycles. The molecule has 35 heavy (non-hydrogen) atoms. The summed E-state index contributed by atoms with van der Waals surface area (Å²) in [7, 11) is 0. The van der Waals surface area contributed by atoms with Gasteiger partial charge in [0.25, 0.3) is 0 Å². The predicted octanol–water partition coefficient (Wildman–Crippen LogP) is 1.83. The van der Waals surface area contributed by atoms with Gasteiger partial charge in [-0.05, 0) is 39.2 Å². The van der Waals surface area contributed by atoms with Gasteiger partial charge in [-0.2, -0.15) is 10.1 Å². The first kappa shape index (κ1) is 23.7. The summed E-state index contributed by atoms with van der Waals surface area (Å²) >= 11 is 0. The molecular weight excluding hydrogens is 448 g/mol. The van der Waals surface area contributed by atoms with Crippen molar-refractivity contribution in [3.8, 4) is 0 Å². The highest BCUT2D eigenvalue weighted by molar-refractivity contribution is 5.92. The first-order chi connectivity index (χ1) is 16.7. The van der Waals surface area contributed by atoms with Crippen molar-refractivity contribution < 1.29 is 15.3 Å². The van der Waals surface area contributed by atoms with Gasteiger partial charge in [-0.3, -0.25) is 4.68 Å². The Labute approximate surface area is 204 Å². The van der Waals surface area contributed by atoms with Crippen LogP contribution >= 0.6 is 0 Å². The van der Waals surface area contributed by atoms with Gasteiger partial charge >= 0.3 is 0 Å². The third-order valence-corrected chi connectivity index (χ3v) is 7.17. The Morgan fingerprint density at radius 2 is 1.86 bits per heavy atom. The molecule has 0 aromatic carbocycles. The number of piperidine rings is 1. The van der Waals surface area contributed by atoms with E-state index < -0.39 is 11.2 Å². The van der Waals surface area contributed by atoms with Crippen LogP contribution in [0.5, 0.6) is 0 Å². The van der Waals surface area contributed by atoms with Crippen LogP contribution in [0.25, 0.3) is 10.9 Å². The summed E-state index contributed by atoms with van der Waals surface area (Å²) < 4.78 is 2.00.